The van der Waals surface area contributed by atoms with E-state index in [0.717, 1.165) is 35.8 Å². The molecule has 1 atom stereocenters. The molecule has 3 N–H and O–H groups in total. The Kier molecular flexibility index (Phi) is 22.2. The van der Waals surface area contributed by atoms with Crippen molar-refractivity contribution in [2.24, 2.45) is 0 Å². The van der Waals surface area contributed by atoms with Crippen LogP contribution in [-0.2, 0) is 9.59 Å². The van der Waals surface area contributed by atoms with Gasteiger partial charge in [-0.2, -0.15) is 0 Å². The maximum atomic E-state index is 13.2. The smallest absolute Gasteiger partial charge is 0.262 e. The molecular weight excluding hydrogens is 579 g/mol. The Morgan fingerprint density at radius 1 is 0.644 bits per heavy atom. The second-order valence-electron chi connectivity index (χ2n) is 12.7. The summed E-state index contributed by atoms with van der Waals surface area (Å²) in [6.45, 7) is 5.76. The predicted molar refractivity (Wildman–Crippen MR) is 192 cm³/mol. The summed E-state index contributed by atoms with van der Waals surface area (Å²) in [5.74, 6) is -0.529. The summed E-state index contributed by atoms with van der Waals surface area (Å²) in [5, 5.41) is 9.98. The first-order valence-corrected chi connectivity index (χ1v) is 19.2. The van der Waals surface area contributed by atoms with Gasteiger partial charge >= 0.3 is 0 Å². The molecule has 1 aromatic carbocycles. The minimum absolute atomic E-state index is 0.0606. The van der Waals surface area contributed by atoms with Crippen LogP contribution in [0.2, 0.25) is 0 Å². The fourth-order valence-electron chi connectivity index (χ4n) is 5.74. The summed E-state index contributed by atoms with van der Waals surface area (Å²) < 4.78 is 1.04. The Balaban J connectivity index is 1.71. The molecule has 7 heteroatoms. The Morgan fingerprint density at radius 3 is 1.67 bits per heavy atom. The zero-order chi connectivity index (χ0) is 32.4. The van der Waals surface area contributed by atoms with Gasteiger partial charge < -0.3 is 16.0 Å². The van der Waals surface area contributed by atoms with Crippen LogP contribution in [-0.4, -0.2) is 36.9 Å². The van der Waals surface area contributed by atoms with Crippen molar-refractivity contribution in [3.8, 4) is 0 Å². The molecule has 2 rings (SSSR count). The van der Waals surface area contributed by atoms with Gasteiger partial charge in [-0.25, -0.2) is 0 Å². The van der Waals surface area contributed by atoms with Gasteiger partial charge in [-0.3, -0.25) is 14.4 Å². The van der Waals surface area contributed by atoms with Crippen molar-refractivity contribution in [1.82, 2.24) is 16.0 Å². The Morgan fingerprint density at radius 2 is 1.13 bits per heavy atom. The molecule has 1 aromatic heterocycles. The van der Waals surface area contributed by atoms with Gasteiger partial charge in [-0.15, -0.1) is 11.3 Å². The highest BCUT2D eigenvalue weighted by molar-refractivity contribution is 7.20. The van der Waals surface area contributed by atoms with Crippen LogP contribution >= 0.6 is 11.3 Å². The number of unbranched alkanes of at least 4 members (excludes halogenated alkanes) is 18. The van der Waals surface area contributed by atoms with E-state index >= 15 is 0 Å². The van der Waals surface area contributed by atoms with Gasteiger partial charge in [-0.05, 0) is 36.8 Å². The quantitative estimate of drug-likeness (QED) is 0.0808. The molecule has 0 aliphatic heterocycles. The predicted octanol–water partition coefficient (Wildman–Crippen LogP) is 9.85. The second kappa shape index (κ2) is 25.7. The molecule has 0 radical (unpaired) electrons. The molecule has 45 heavy (non-hydrogen) atoms. The highest BCUT2D eigenvalue weighted by atomic mass is 32.1. The highest BCUT2D eigenvalue weighted by Crippen LogP contribution is 2.25. The molecular formula is C38H63N3O3S. The van der Waals surface area contributed by atoms with E-state index < -0.39 is 6.04 Å². The topological polar surface area (TPSA) is 87.3 Å². The lowest BCUT2D eigenvalue weighted by atomic mass is 10.1. The van der Waals surface area contributed by atoms with Crippen molar-refractivity contribution in [1.29, 1.82) is 0 Å². The Hall–Kier alpha value is -2.41. The molecule has 3 amide bonds. The number of carbonyl (C=O) groups excluding carboxylic acids is 3. The zero-order valence-electron chi connectivity index (χ0n) is 28.6. The van der Waals surface area contributed by atoms with Crippen LogP contribution in [0.25, 0.3) is 10.1 Å². The van der Waals surface area contributed by atoms with Crippen molar-refractivity contribution in [2.75, 3.05) is 13.1 Å². The summed E-state index contributed by atoms with van der Waals surface area (Å²) in [7, 11) is 0. The minimum atomic E-state index is -0.742. The van der Waals surface area contributed by atoms with Crippen molar-refractivity contribution in [2.45, 2.75) is 161 Å². The molecule has 0 aliphatic rings. The summed E-state index contributed by atoms with van der Waals surface area (Å²) in [5.41, 5.74) is 0. The van der Waals surface area contributed by atoms with E-state index in [-0.39, 0.29) is 30.6 Å². The van der Waals surface area contributed by atoms with Crippen molar-refractivity contribution in [3.05, 3.63) is 35.2 Å². The monoisotopic (exact) mass is 641 g/mol. The van der Waals surface area contributed by atoms with E-state index in [1.807, 2.05) is 30.3 Å². The largest absolute Gasteiger partial charge is 0.356 e. The van der Waals surface area contributed by atoms with Gasteiger partial charge in [0.2, 0.25) is 11.8 Å². The van der Waals surface area contributed by atoms with Gasteiger partial charge in [0.15, 0.2) is 0 Å². The lowest BCUT2D eigenvalue weighted by Gasteiger charge is -2.18. The maximum Gasteiger partial charge on any atom is 0.262 e. The molecule has 0 unspecified atom stereocenters. The zero-order valence-corrected chi connectivity index (χ0v) is 29.4. The molecule has 0 fully saturated rings. The number of amides is 3. The number of nitrogens with one attached hydrogen (secondary N) is 3. The van der Waals surface area contributed by atoms with Crippen LogP contribution in [0.1, 0.15) is 165 Å². The molecule has 0 bridgehead atoms. The third-order valence-electron chi connectivity index (χ3n) is 8.61. The second-order valence-corrected chi connectivity index (χ2v) is 13.8. The molecule has 2 aromatic rings. The van der Waals surface area contributed by atoms with E-state index in [4.69, 9.17) is 0 Å². The lowest BCUT2D eigenvalue weighted by molar-refractivity contribution is -0.124. The number of hydrogen-bond donors (Lipinski definition) is 3. The van der Waals surface area contributed by atoms with Gasteiger partial charge in [0.25, 0.3) is 5.91 Å². The average Bonchev–Trinajstić information content (AvgIpc) is 3.49. The van der Waals surface area contributed by atoms with E-state index in [9.17, 15) is 14.4 Å². The first-order valence-electron chi connectivity index (χ1n) is 18.4. The summed E-state index contributed by atoms with van der Waals surface area (Å²) >= 11 is 1.42. The van der Waals surface area contributed by atoms with Crippen LogP contribution < -0.4 is 16.0 Å². The van der Waals surface area contributed by atoms with Gasteiger partial charge in [0.05, 0.1) is 4.88 Å². The normalized spacial score (nSPS) is 11.9. The van der Waals surface area contributed by atoms with E-state index in [0.29, 0.717) is 18.0 Å². The van der Waals surface area contributed by atoms with E-state index in [2.05, 4.69) is 29.8 Å². The molecule has 0 saturated carbocycles. The number of rotatable bonds is 28. The molecule has 0 spiro atoms. The van der Waals surface area contributed by atoms with Crippen molar-refractivity contribution >= 4 is 39.1 Å². The van der Waals surface area contributed by atoms with E-state index in [1.54, 1.807) is 0 Å². The molecule has 6 nitrogen and oxygen atoms in total. The standard InChI is InChI=1S/C38H63N3O3S/c1-3-5-7-9-11-13-15-17-19-23-29-39-36(42)28-27-33(41-38(44)35-31-32-25-21-22-26-34(32)45-35)37(43)40-30-24-20-18-16-14-12-10-8-6-4-2/h21-22,25-26,31,33H,3-20,23-24,27-30H2,1-2H3,(H,39,42)(H,40,43)(H,41,44)/t33-/m0/s1. The van der Waals surface area contributed by atoms with Crippen LogP contribution in [0.5, 0.6) is 0 Å². The van der Waals surface area contributed by atoms with Crippen molar-refractivity contribution < 1.29 is 14.4 Å². The van der Waals surface area contributed by atoms with Gasteiger partial charge in [-0.1, -0.05) is 148 Å². The van der Waals surface area contributed by atoms with Crippen molar-refractivity contribution in [3.63, 3.8) is 0 Å². The van der Waals surface area contributed by atoms with Gasteiger partial charge in [0, 0.05) is 24.2 Å². The third-order valence-corrected chi connectivity index (χ3v) is 9.73. The van der Waals surface area contributed by atoms with Crippen LogP contribution in [0.3, 0.4) is 0 Å². The average molecular weight is 642 g/mol. The number of fused-ring (bicyclic) bond motifs is 1. The number of benzene rings is 1. The Labute approximate surface area is 278 Å². The first-order chi connectivity index (χ1) is 22.0. The lowest BCUT2D eigenvalue weighted by Crippen LogP contribution is -2.47. The third kappa shape index (κ3) is 18.4. The SMILES string of the molecule is CCCCCCCCCCCCNC(=O)CC[C@H](NC(=O)c1cc2ccccc2s1)C(=O)NCCCCCCCCCCCC. The summed E-state index contributed by atoms with van der Waals surface area (Å²) in [6.07, 6.45) is 25.5. The van der Waals surface area contributed by atoms with Gasteiger partial charge in [0.1, 0.15) is 6.04 Å². The fourth-order valence-corrected chi connectivity index (χ4v) is 6.71. The number of hydrogen-bond acceptors (Lipinski definition) is 4. The molecule has 0 saturated heterocycles. The first kappa shape index (κ1) is 38.8. The van der Waals surface area contributed by atoms with E-state index in [1.165, 1.54) is 114 Å². The minimum Gasteiger partial charge on any atom is -0.356 e. The van der Waals surface area contributed by atoms with Crippen LogP contribution in [0.4, 0.5) is 0 Å². The van der Waals surface area contributed by atoms with Crippen LogP contribution in [0, 0.1) is 0 Å². The Bertz CT molecular complexity index is 1040. The summed E-state index contributed by atoms with van der Waals surface area (Å²) in [4.78, 5) is 39.5. The summed E-state index contributed by atoms with van der Waals surface area (Å²) in [6, 6.07) is 9.01. The highest BCUT2D eigenvalue weighted by Gasteiger charge is 2.23. The number of thiophene rings is 1. The molecule has 1 heterocycles. The molecule has 0 aliphatic carbocycles. The maximum absolute atomic E-state index is 13.2. The van der Waals surface area contributed by atoms with Crippen LogP contribution in [0.15, 0.2) is 30.3 Å². The molecule has 254 valence electrons. The fraction of sp³-hybridized carbons (Fsp3) is 0.711. The number of carbonyl (C=O) groups is 3.